The highest BCUT2D eigenvalue weighted by Crippen LogP contribution is 2.09. The lowest BCUT2D eigenvalue weighted by Gasteiger charge is -2.24. The third-order valence-corrected chi connectivity index (χ3v) is 2.92. The van der Waals surface area contributed by atoms with Crippen LogP contribution in [0.2, 0.25) is 0 Å². The third-order valence-electron chi connectivity index (χ3n) is 2.92. The number of likely N-dealkylation sites (N-methyl/N-ethyl adjacent to an activating group) is 1. The molecule has 7 heteroatoms. The molecule has 1 fully saturated rings. The Morgan fingerprint density at radius 3 is 2.58 bits per heavy atom. The summed E-state index contributed by atoms with van der Waals surface area (Å²) in [5, 5.41) is 11.4. The van der Waals surface area contributed by atoms with Crippen LogP contribution in [0.4, 0.5) is 4.79 Å². The molecule has 0 saturated carbocycles. The zero-order valence-corrected chi connectivity index (χ0v) is 11.5. The van der Waals surface area contributed by atoms with Crippen molar-refractivity contribution < 1.29 is 19.5 Å². The molecular weight excluding hydrogens is 250 g/mol. The molecule has 0 radical (unpaired) electrons. The molecule has 1 unspecified atom stereocenters. The lowest BCUT2D eigenvalue weighted by Crippen LogP contribution is -2.50. The summed E-state index contributed by atoms with van der Waals surface area (Å²) in [7, 11) is 1.68. The average Bonchev–Trinajstić information content (AvgIpc) is 2.59. The Morgan fingerprint density at radius 1 is 1.53 bits per heavy atom. The van der Waals surface area contributed by atoms with Crippen molar-refractivity contribution in [3.05, 3.63) is 0 Å². The van der Waals surface area contributed by atoms with E-state index in [1.807, 2.05) is 13.8 Å². The van der Waals surface area contributed by atoms with Crippen molar-refractivity contribution in [2.75, 3.05) is 26.7 Å². The van der Waals surface area contributed by atoms with Crippen molar-refractivity contribution >= 4 is 17.9 Å². The number of nitrogens with one attached hydrogen (secondary N) is 1. The van der Waals surface area contributed by atoms with Gasteiger partial charge in [0.1, 0.15) is 12.6 Å². The molecule has 3 amide bonds. The second-order valence-electron chi connectivity index (χ2n) is 5.22. The van der Waals surface area contributed by atoms with Crippen LogP contribution >= 0.6 is 0 Å². The van der Waals surface area contributed by atoms with Crippen LogP contribution in [0.1, 0.15) is 20.3 Å². The van der Waals surface area contributed by atoms with Crippen LogP contribution in [-0.2, 0) is 9.59 Å². The van der Waals surface area contributed by atoms with E-state index in [2.05, 4.69) is 5.32 Å². The number of hydrogen-bond donors (Lipinski definition) is 2. The summed E-state index contributed by atoms with van der Waals surface area (Å²) in [5.74, 6) is -1.04. The van der Waals surface area contributed by atoms with Crippen molar-refractivity contribution in [2.45, 2.75) is 26.3 Å². The van der Waals surface area contributed by atoms with Gasteiger partial charge in [-0.25, -0.2) is 4.79 Å². The first kappa shape index (κ1) is 15.3. The average molecular weight is 271 g/mol. The minimum absolute atomic E-state index is 0.131. The molecule has 0 aromatic rings. The molecule has 1 saturated heterocycles. The smallest absolute Gasteiger partial charge is 0.323 e. The lowest BCUT2D eigenvalue weighted by molar-refractivity contribution is -0.137. The van der Waals surface area contributed by atoms with Crippen LogP contribution in [0, 0.1) is 5.92 Å². The molecule has 19 heavy (non-hydrogen) atoms. The van der Waals surface area contributed by atoms with E-state index in [1.165, 1.54) is 4.90 Å². The van der Waals surface area contributed by atoms with Gasteiger partial charge in [0, 0.05) is 20.1 Å². The molecule has 0 aliphatic carbocycles. The fourth-order valence-electron chi connectivity index (χ4n) is 2.02. The minimum Gasteiger partial charge on any atom is -0.480 e. The standard InChI is InChI=1S/C12H21N3O4/c1-8(2)6-15(7-10(16)17)12(19)13-9-4-5-14(3)11(9)18/h8-9H,4-7H2,1-3H3,(H,13,19)(H,16,17). The van der Waals surface area contributed by atoms with Gasteiger partial charge < -0.3 is 20.2 Å². The van der Waals surface area contributed by atoms with E-state index >= 15 is 0 Å². The Morgan fingerprint density at radius 2 is 2.16 bits per heavy atom. The largest absolute Gasteiger partial charge is 0.480 e. The molecule has 1 atom stereocenters. The Hall–Kier alpha value is -1.79. The number of amides is 3. The summed E-state index contributed by atoms with van der Waals surface area (Å²) in [6, 6.07) is -1.04. The Balaban J connectivity index is 2.61. The van der Waals surface area contributed by atoms with Crippen molar-refractivity contribution in [1.29, 1.82) is 0 Å². The predicted molar refractivity (Wildman–Crippen MR) is 68.6 cm³/mol. The van der Waals surface area contributed by atoms with Crippen LogP contribution in [0.3, 0.4) is 0 Å². The normalized spacial score (nSPS) is 18.8. The fraction of sp³-hybridized carbons (Fsp3) is 0.750. The maximum Gasteiger partial charge on any atom is 0.323 e. The highest BCUT2D eigenvalue weighted by atomic mass is 16.4. The van der Waals surface area contributed by atoms with Gasteiger partial charge in [-0.2, -0.15) is 0 Å². The van der Waals surface area contributed by atoms with E-state index in [1.54, 1.807) is 11.9 Å². The number of nitrogens with zero attached hydrogens (tertiary/aromatic N) is 2. The van der Waals surface area contributed by atoms with Crippen LogP contribution in [0.5, 0.6) is 0 Å². The van der Waals surface area contributed by atoms with Gasteiger partial charge in [-0.3, -0.25) is 9.59 Å². The summed E-state index contributed by atoms with van der Waals surface area (Å²) >= 11 is 0. The van der Waals surface area contributed by atoms with Gasteiger partial charge in [-0.15, -0.1) is 0 Å². The molecular formula is C12H21N3O4. The predicted octanol–water partition coefficient (Wildman–Crippen LogP) is -0.0307. The number of aliphatic carboxylic acids is 1. The molecule has 1 heterocycles. The van der Waals surface area contributed by atoms with E-state index in [-0.39, 0.29) is 18.4 Å². The number of carbonyl (C=O) groups excluding carboxylic acids is 2. The maximum atomic E-state index is 12.0. The Labute approximate surface area is 112 Å². The zero-order valence-electron chi connectivity index (χ0n) is 11.5. The van der Waals surface area contributed by atoms with Crippen molar-refractivity contribution in [2.24, 2.45) is 5.92 Å². The zero-order chi connectivity index (χ0) is 14.6. The van der Waals surface area contributed by atoms with E-state index in [4.69, 9.17) is 5.11 Å². The first-order chi connectivity index (χ1) is 8.81. The highest BCUT2D eigenvalue weighted by molar-refractivity contribution is 5.89. The fourth-order valence-corrected chi connectivity index (χ4v) is 2.02. The van der Waals surface area contributed by atoms with E-state index < -0.39 is 18.0 Å². The van der Waals surface area contributed by atoms with Gasteiger partial charge in [0.05, 0.1) is 0 Å². The molecule has 7 nitrogen and oxygen atoms in total. The number of hydrogen-bond acceptors (Lipinski definition) is 3. The molecule has 108 valence electrons. The van der Waals surface area contributed by atoms with E-state index in [9.17, 15) is 14.4 Å². The first-order valence-corrected chi connectivity index (χ1v) is 6.33. The number of likely N-dealkylation sites (tertiary alicyclic amines) is 1. The molecule has 1 aliphatic heterocycles. The van der Waals surface area contributed by atoms with E-state index in [0.717, 1.165) is 0 Å². The number of carboxylic acids is 1. The number of carbonyl (C=O) groups is 3. The molecule has 1 aliphatic rings. The highest BCUT2D eigenvalue weighted by Gasteiger charge is 2.31. The second kappa shape index (κ2) is 6.40. The summed E-state index contributed by atoms with van der Waals surface area (Å²) < 4.78 is 0. The number of rotatable bonds is 5. The number of carboxylic acid groups (broad SMARTS) is 1. The molecule has 0 bridgehead atoms. The molecule has 2 N–H and O–H groups in total. The SMILES string of the molecule is CC(C)CN(CC(=O)O)C(=O)NC1CCN(C)C1=O. The van der Waals surface area contributed by atoms with Gasteiger partial charge in [0.25, 0.3) is 0 Å². The van der Waals surface area contributed by atoms with Crippen LogP contribution in [0.15, 0.2) is 0 Å². The van der Waals surface area contributed by atoms with Crippen molar-refractivity contribution in [3.63, 3.8) is 0 Å². The maximum absolute atomic E-state index is 12.0. The third kappa shape index (κ3) is 4.42. The van der Waals surface area contributed by atoms with Crippen molar-refractivity contribution in [3.8, 4) is 0 Å². The summed E-state index contributed by atoms with van der Waals surface area (Å²) in [6.45, 7) is 4.38. The van der Waals surface area contributed by atoms with Gasteiger partial charge >= 0.3 is 12.0 Å². The minimum atomic E-state index is -1.06. The topological polar surface area (TPSA) is 89.9 Å². The molecule has 0 aromatic heterocycles. The molecule has 0 spiro atoms. The van der Waals surface area contributed by atoms with Crippen molar-refractivity contribution in [1.82, 2.24) is 15.1 Å². The van der Waals surface area contributed by atoms with Gasteiger partial charge in [-0.1, -0.05) is 13.8 Å². The molecule has 0 aromatic carbocycles. The quantitative estimate of drug-likeness (QED) is 0.734. The molecule has 1 rings (SSSR count). The second-order valence-corrected chi connectivity index (χ2v) is 5.22. The number of urea groups is 1. The summed E-state index contributed by atoms with van der Waals surface area (Å²) in [6.07, 6.45) is 0.559. The van der Waals surface area contributed by atoms with Gasteiger partial charge in [0.2, 0.25) is 5.91 Å². The Bertz CT molecular complexity index is 370. The van der Waals surface area contributed by atoms with Gasteiger partial charge in [0.15, 0.2) is 0 Å². The first-order valence-electron chi connectivity index (χ1n) is 6.33. The Kier molecular flexibility index (Phi) is 5.14. The van der Waals surface area contributed by atoms with E-state index in [0.29, 0.717) is 19.5 Å². The van der Waals surface area contributed by atoms with Gasteiger partial charge in [-0.05, 0) is 12.3 Å². The summed E-state index contributed by atoms with van der Waals surface area (Å²) in [4.78, 5) is 37.2. The monoisotopic (exact) mass is 271 g/mol. The van der Waals surface area contributed by atoms with Crippen LogP contribution in [0.25, 0.3) is 0 Å². The lowest BCUT2D eigenvalue weighted by atomic mass is 10.2. The van der Waals surface area contributed by atoms with Crippen LogP contribution < -0.4 is 5.32 Å². The van der Waals surface area contributed by atoms with Crippen LogP contribution in [-0.4, -0.2) is 65.5 Å². The summed E-state index contributed by atoms with van der Waals surface area (Å²) in [5.41, 5.74) is 0.